The largest absolute Gasteiger partial charge is 0.656 e. The van der Waals surface area contributed by atoms with E-state index in [1.807, 2.05) is 0 Å². The van der Waals surface area contributed by atoms with Gasteiger partial charge in [0.25, 0.3) is 11.4 Å². The molecule has 2 aromatic rings. The summed E-state index contributed by atoms with van der Waals surface area (Å²) in [7, 11) is 0. The molecule has 0 N–H and O–H groups in total. The molecule has 0 atom stereocenters. The first kappa shape index (κ1) is 31.1. The Labute approximate surface area is 221 Å². The summed E-state index contributed by atoms with van der Waals surface area (Å²) < 4.78 is 30.2. The molecule has 0 aliphatic carbocycles. The van der Waals surface area contributed by atoms with Crippen molar-refractivity contribution in [2.24, 2.45) is 0 Å². The monoisotopic (exact) mass is 610 g/mol. The van der Waals surface area contributed by atoms with Crippen LogP contribution in [0.5, 0.6) is 0 Å². The number of halogens is 2. The Morgan fingerprint density at radius 1 is 0.488 bits per heavy atom. The van der Waals surface area contributed by atoms with Gasteiger partial charge in [0.1, 0.15) is 19.7 Å². The summed E-state index contributed by atoms with van der Waals surface area (Å²) in [6, 6.07) is 0.605. The first-order valence-electron chi connectivity index (χ1n) is 9.32. The first-order chi connectivity index (χ1) is 18.8. The molecule has 0 fully saturated rings. The summed E-state index contributed by atoms with van der Waals surface area (Å²) in [6.45, 7) is 0. The topological polar surface area (TPSA) is 345 Å². The molecule has 0 aliphatic rings. The van der Waals surface area contributed by atoms with Crippen molar-refractivity contribution in [2.45, 2.75) is 21.6 Å². The van der Waals surface area contributed by atoms with Crippen molar-refractivity contribution in [3.8, 4) is 0 Å². The summed E-state index contributed by atoms with van der Waals surface area (Å²) in [5.74, 6) is -10.6. The van der Waals surface area contributed by atoms with E-state index >= 15 is 8.78 Å². The molecule has 0 saturated heterocycles. The third kappa shape index (κ3) is 4.88. The molecule has 0 bridgehead atoms. The highest BCUT2D eigenvalue weighted by Gasteiger charge is 2.70. The van der Waals surface area contributed by atoms with Crippen LogP contribution in [-0.4, -0.2) is 39.4 Å². The van der Waals surface area contributed by atoms with Crippen molar-refractivity contribution in [1.82, 2.24) is 0 Å². The maximum atomic E-state index is 15.1. The van der Waals surface area contributed by atoms with Gasteiger partial charge in [-0.2, -0.15) is 0 Å². The maximum absolute atomic E-state index is 15.1. The average Bonchev–Trinajstić information content (AvgIpc) is 2.85. The summed E-state index contributed by atoms with van der Waals surface area (Å²) in [6.07, 6.45) is 0. The lowest BCUT2D eigenvalue weighted by molar-refractivity contribution is -0.847. The third-order valence-corrected chi connectivity index (χ3v) is 5.92. The number of nitrogens with zero attached hydrogens (tertiary/aromatic N) is 8. The predicted octanol–water partition coefficient (Wildman–Crippen LogP) is 2.74. The van der Waals surface area contributed by atoms with E-state index in [-0.39, 0.29) is 24.3 Å². The molecule has 2 rings (SSSR count). The van der Waals surface area contributed by atoms with Gasteiger partial charge in [0.05, 0.1) is 29.5 Å². The Morgan fingerprint density at radius 3 is 0.951 bits per heavy atom. The van der Waals surface area contributed by atoms with Crippen molar-refractivity contribution in [2.75, 3.05) is 0 Å². The average molecular weight is 610 g/mol. The molecule has 0 saturated carbocycles. The quantitative estimate of drug-likeness (QED) is 0.144. The number of alkyl halides is 2. The second kappa shape index (κ2) is 10.5. The van der Waals surface area contributed by atoms with Crippen LogP contribution in [0.25, 0.3) is 0 Å². The molecule has 41 heavy (non-hydrogen) atoms. The van der Waals surface area contributed by atoms with Crippen molar-refractivity contribution >= 4 is 34.5 Å². The summed E-state index contributed by atoms with van der Waals surface area (Å²) in [4.78, 5) is 71.8. The van der Waals surface area contributed by atoms with Gasteiger partial charge >= 0.3 is 34.3 Å². The molecule has 0 radical (unpaired) electrons. The lowest BCUT2D eigenvalue weighted by Crippen LogP contribution is -2.40. The van der Waals surface area contributed by atoms with Crippen molar-refractivity contribution in [3.05, 3.63) is 116 Å². The van der Waals surface area contributed by atoms with E-state index in [1.165, 1.54) is 0 Å². The molecule has 0 aliphatic heterocycles. The Kier molecular flexibility index (Phi) is 7.99. The number of rotatable bonds is 12. The molecule has 0 spiro atoms. The van der Waals surface area contributed by atoms with Crippen LogP contribution < -0.4 is 0 Å². The predicted molar refractivity (Wildman–Crippen MR) is 117 cm³/mol. The van der Waals surface area contributed by atoms with E-state index in [9.17, 15) is 80.9 Å². The van der Waals surface area contributed by atoms with Crippen LogP contribution in [-0.2, 0) is 11.8 Å². The van der Waals surface area contributed by atoms with Gasteiger partial charge in [0.15, 0.2) is 0 Å². The normalized spacial score (nSPS) is 11.4. The van der Waals surface area contributed by atoms with Crippen LogP contribution >= 0.6 is 11.8 Å². The second-order valence-electron chi connectivity index (χ2n) is 6.95. The summed E-state index contributed by atoms with van der Waals surface area (Å²) >= 11 is -0.507. The smallest absolute Gasteiger partial charge is 0.258 e. The Bertz CT molecular complexity index is 1460. The molecule has 0 heterocycles. The van der Waals surface area contributed by atoms with E-state index in [0.29, 0.717) is 0 Å². The van der Waals surface area contributed by atoms with Crippen LogP contribution in [0.3, 0.4) is 0 Å². The van der Waals surface area contributed by atoms with Gasteiger partial charge in [-0.3, -0.25) is 80.9 Å². The van der Waals surface area contributed by atoms with Crippen LogP contribution in [0, 0.1) is 80.9 Å². The zero-order valence-electron chi connectivity index (χ0n) is 18.6. The summed E-state index contributed by atoms with van der Waals surface area (Å²) in [5.41, 5.74) is -12.9. The van der Waals surface area contributed by atoms with E-state index in [2.05, 4.69) is 0 Å². The van der Waals surface area contributed by atoms with E-state index in [1.54, 1.807) is 0 Å². The Hall–Kier alpha value is -6.15. The number of benzene rings is 2. The number of nitro groups is 8. The van der Waals surface area contributed by atoms with E-state index < -0.39 is 107 Å². The Morgan fingerprint density at radius 2 is 0.756 bits per heavy atom. The highest BCUT2D eigenvalue weighted by molar-refractivity contribution is 7.99. The standard InChI is InChI=1S/C14H4F2N8O16S/c15-13(21(33)34,22(35)36)9-5(17(25)26)1-3-7(11(9)19(29)30)41-8-4-2-6(18(27)28)10(12(8)20(31)32)14(16,23(37)38)24(39)40/h1-4H. The molecule has 27 heteroatoms. The zero-order chi connectivity index (χ0) is 31.8. The van der Waals surface area contributed by atoms with Crippen LogP contribution in [0.4, 0.5) is 31.5 Å². The molecule has 0 aromatic heterocycles. The SMILES string of the molecule is O=[N+]([O-])c1ccc(Sc2ccc([N+](=O)[O-])c(C(F)([N+](=O)[O-])[N+](=O)[O-])c2[N+](=O)[O-])c([N+](=O)[O-])c1C(F)([N+](=O)[O-])[N+](=O)[O-]. The number of hydrogen-bond acceptors (Lipinski definition) is 17. The number of hydrogen-bond donors (Lipinski definition) is 0. The lowest BCUT2D eigenvalue weighted by atomic mass is 10.1. The van der Waals surface area contributed by atoms with E-state index in [4.69, 9.17) is 0 Å². The molecular weight excluding hydrogens is 606 g/mol. The fourth-order valence-electron chi connectivity index (χ4n) is 3.20. The maximum Gasteiger partial charge on any atom is 0.656 e. The van der Waals surface area contributed by atoms with Crippen LogP contribution in [0.2, 0.25) is 0 Å². The molecule has 0 amide bonds. The van der Waals surface area contributed by atoms with Crippen molar-refractivity contribution < 1.29 is 48.2 Å². The zero-order valence-corrected chi connectivity index (χ0v) is 19.4. The molecular formula is C14H4F2N8O16S. The summed E-state index contributed by atoms with van der Waals surface area (Å²) in [5, 5.41) is 91.1. The van der Waals surface area contributed by atoms with E-state index in [0.717, 1.165) is 0 Å². The van der Waals surface area contributed by atoms with Gasteiger partial charge in [0, 0.05) is 12.1 Å². The van der Waals surface area contributed by atoms with Crippen molar-refractivity contribution in [3.63, 3.8) is 0 Å². The lowest BCUT2D eigenvalue weighted by Gasteiger charge is -2.13. The fraction of sp³-hybridized carbons (Fsp3) is 0.143. The molecule has 2 aromatic carbocycles. The fourth-order valence-corrected chi connectivity index (χ4v) is 4.25. The first-order valence-corrected chi connectivity index (χ1v) is 10.1. The minimum absolute atomic E-state index is 0.0532. The minimum atomic E-state index is -5.29. The highest BCUT2D eigenvalue weighted by Crippen LogP contribution is 2.51. The van der Waals surface area contributed by atoms with Gasteiger partial charge in [0.2, 0.25) is 0 Å². The third-order valence-electron chi connectivity index (χ3n) is 4.82. The molecule has 24 nitrogen and oxygen atoms in total. The van der Waals surface area contributed by atoms with Gasteiger partial charge < -0.3 is 0 Å². The number of nitro benzene ring substituents is 4. The highest BCUT2D eigenvalue weighted by atomic mass is 32.2. The van der Waals surface area contributed by atoms with Gasteiger partial charge in [-0.25, -0.2) is 0 Å². The van der Waals surface area contributed by atoms with Crippen LogP contribution in [0.1, 0.15) is 11.1 Å². The molecule has 0 unspecified atom stereocenters. The second-order valence-corrected chi connectivity index (χ2v) is 8.03. The van der Waals surface area contributed by atoms with Gasteiger partial charge in [-0.15, -0.1) is 0 Å². The van der Waals surface area contributed by atoms with Crippen molar-refractivity contribution in [1.29, 1.82) is 0 Å². The van der Waals surface area contributed by atoms with Crippen LogP contribution in [0.15, 0.2) is 34.1 Å². The minimum Gasteiger partial charge on any atom is -0.258 e. The van der Waals surface area contributed by atoms with Gasteiger partial charge in [-0.05, 0) is 12.1 Å². The molecule has 216 valence electrons. The Balaban J connectivity index is 3.16. The van der Waals surface area contributed by atoms with Gasteiger partial charge in [-0.1, -0.05) is 20.5 Å².